The number of thiazole rings is 1. The Hall–Kier alpha value is -9.55. The molecule has 0 saturated heterocycles. The van der Waals surface area contributed by atoms with E-state index in [0.717, 1.165) is 59.4 Å². The summed E-state index contributed by atoms with van der Waals surface area (Å²) in [4.78, 5) is 29.1. The van der Waals surface area contributed by atoms with E-state index in [2.05, 4.69) is 156 Å². The first-order chi connectivity index (χ1) is 64.7. The maximum absolute atomic E-state index is 5.30. The molecule has 11 heteroatoms. The predicted octanol–water partition coefficient (Wildman–Crippen LogP) is 39.4. The molecule has 13 aromatic rings. The minimum atomic E-state index is 0.845. The van der Waals surface area contributed by atoms with Crippen molar-refractivity contribution in [2.24, 2.45) is 4.99 Å². The number of thioether (sulfide) groups is 1. The summed E-state index contributed by atoms with van der Waals surface area (Å²) in [6, 6.07) is 72.4. The number of aryl methyl sites for hydroxylation is 7. The van der Waals surface area contributed by atoms with E-state index in [0.29, 0.717) is 0 Å². The zero-order valence-electron chi connectivity index (χ0n) is 90.8. The Bertz CT molecular complexity index is 3650. The first kappa shape index (κ1) is 141. The smallest absolute Gasteiger partial charge is 0.181 e. The van der Waals surface area contributed by atoms with E-state index >= 15 is 0 Å². The highest BCUT2D eigenvalue weighted by Crippen LogP contribution is 2.30. The Labute approximate surface area is 811 Å². The molecule has 8 aromatic carbocycles. The highest BCUT2D eigenvalue weighted by Gasteiger charge is 2.12. The van der Waals surface area contributed by atoms with E-state index in [-0.39, 0.29) is 0 Å². The molecule has 9 nitrogen and oxygen atoms in total. The average Bonchev–Trinajstić information content (AvgIpc) is 1.85. The van der Waals surface area contributed by atoms with Gasteiger partial charge in [-0.2, -0.15) is 0 Å². The van der Waals surface area contributed by atoms with Gasteiger partial charge in [-0.25, -0.2) is 15.0 Å². The first-order valence-corrected chi connectivity index (χ1v) is 53.1. The summed E-state index contributed by atoms with van der Waals surface area (Å²) in [5.41, 5.74) is 24.1. The van der Waals surface area contributed by atoms with Crippen LogP contribution in [-0.2, 0) is 64.3 Å². The van der Waals surface area contributed by atoms with Crippen molar-refractivity contribution in [1.82, 2.24) is 29.9 Å². The topological polar surface area (TPSA) is 115 Å². The minimum absolute atomic E-state index is 0.845. The van der Waals surface area contributed by atoms with Gasteiger partial charge in [0.05, 0.1) is 46.2 Å². The fourth-order valence-corrected chi connectivity index (χ4v) is 13.0. The number of allylic oxidation sites excluding steroid dienone is 1. The highest BCUT2D eigenvalue weighted by molar-refractivity contribution is 7.99. The monoisotopic (exact) mass is 1820 g/mol. The van der Waals surface area contributed by atoms with Crippen LogP contribution in [0.25, 0.3) is 38.4 Å². The maximum Gasteiger partial charge on any atom is 0.181 e. The van der Waals surface area contributed by atoms with Gasteiger partial charge >= 0.3 is 0 Å². The Morgan fingerprint density at radius 1 is 0.323 bits per heavy atom. The number of ether oxygens (including phenoxy) is 1. The number of hydrogen-bond donors (Lipinski definition) is 1. The number of nitrogens with zero attached hydrogens (tertiary/aromatic N) is 6. The lowest BCUT2D eigenvalue weighted by Gasteiger charge is -1.93. The van der Waals surface area contributed by atoms with Crippen molar-refractivity contribution in [3.05, 3.63) is 322 Å². The van der Waals surface area contributed by atoms with Crippen molar-refractivity contribution in [2.75, 3.05) is 12.4 Å². The molecule has 0 spiro atoms. The lowest BCUT2D eigenvalue weighted by atomic mass is 10.1. The largest absolute Gasteiger partial charge is 0.493 e. The standard InChI is InChI=1S/C9H10.C9H8.2C8H9N.C8H7N.C8H8O.C8H8S.C7H6N2.C7H5NO.C7H5NS.20C2H6/c2*1-2-5-9-7-3-6-8(9)4-1;1-3-7-4-2-6-9-8(7)5-1;1-2-7-4-5-9-6-8(7)3-1;1-2-4-8-6-9-5-7(8)3-1;2*1-2-4-8-7(3-1)5-6-9-8;3*1-2-4-7-6(3-1)8-5-9-7;20*1-2/h1-2,4-5H,3,6-7H2;1-6H,7H2;2,4,6H,1,3,5H2;4-6H,1-3H2;1-5H,6H2;2*1-4H,5-6H2;1-5H,(H,8,9);2*1-5H;20*1-2H3. The Balaban J connectivity index is -0.000000147. The number of nitrogens with one attached hydrogen (secondary N) is 1. The molecule has 0 bridgehead atoms. The zero-order valence-corrected chi connectivity index (χ0v) is 92.5. The molecule has 130 heavy (non-hydrogen) atoms. The van der Waals surface area contributed by atoms with E-state index in [4.69, 9.17) is 9.15 Å². The van der Waals surface area contributed by atoms with E-state index in [1.54, 1.807) is 28.8 Å². The van der Waals surface area contributed by atoms with Crippen LogP contribution < -0.4 is 4.74 Å². The van der Waals surface area contributed by atoms with Gasteiger partial charge in [-0.3, -0.25) is 15.0 Å². The van der Waals surface area contributed by atoms with Crippen LogP contribution in [0.15, 0.2) is 270 Å². The summed E-state index contributed by atoms with van der Waals surface area (Å²) < 4.78 is 11.6. The second-order valence-electron chi connectivity index (χ2n) is 22.0. The number of aliphatic imine (C=N–C) groups is 1. The lowest BCUT2D eigenvalue weighted by molar-refractivity contribution is 0.357. The molecular weight excluding hydrogens is 1620 g/mol. The van der Waals surface area contributed by atoms with Gasteiger partial charge in [0.25, 0.3) is 0 Å². The van der Waals surface area contributed by atoms with E-state index in [1.165, 1.54) is 142 Å². The first-order valence-electron chi connectivity index (χ1n) is 51.3. The fourth-order valence-electron chi connectivity index (χ4n) is 11.3. The van der Waals surface area contributed by atoms with Crippen LogP contribution >= 0.6 is 23.1 Å². The van der Waals surface area contributed by atoms with Gasteiger partial charge in [-0.05, 0) is 192 Å². The van der Waals surface area contributed by atoms with Crippen molar-refractivity contribution >= 4 is 67.7 Å². The third-order valence-electron chi connectivity index (χ3n) is 16.0. The average molecular weight is 1820 g/mol. The molecule has 7 aliphatic rings. The fraction of sp³-hybridized carbons (Fsp3) is 0.462. The number of pyridine rings is 2. The van der Waals surface area contributed by atoms with Crippen LogP contribution in [0.4, 0.5) is 0 Å². The second kappa shape index (κ2) is 116. The Morgan fingerprint density at radius 2 is 0.769 bits per heavy atom. The van der Waals surface area contributed by atoms with Crippen LogP contribution in [0.2, 0.25) is 0 Å². The van der Waals surface area contributed by atoms with Crippen molar-refractivity contribution in [2.45, 2.75) is 365 Å². The molecule has 0 saturated carbocycles. The summed E-state index contributed by atoms with van der Waals surface area (Å²) in [7, 11) is 0. The van der Waals surface area contributed by atoms with Crippen LogP contribution in [0, 0.1) is 0 Å². The van der Waals surface area contributed by atoms with Gasteiger partial charge in [-0.15, -0.1) is 23.1 Å². The van der Waals surface area contributed by atoms with Crippen molar-refractivity contribution < 1.29 is 9.15 Å². The molecule has 0 amide bonds. The third kappa shape index (κ3) is 63.5. The second-order valence-corrected chi connectivity index (χ2v) is 24.1. The molecule has 0 fully saturated rings. The van der Waals surface area contributed by atoms with E-state index in [9.17, 15) is 0 Å². The number of rotatable bonds is 0. The minimum Gasteiger partial charge on any atom is -0.493 e. The van der Waals surface area contributed by atoms with Crippen molar-refractivity contribution in [1.29, 1.82) is 0 Å². The van der Waals surface area contributed by atoms with Crippen molar-refractivity contribution in [3.8, 4) is 5.75 Å². The normalized spacial score (nSPS) is 10.3. The van der Waals surface area contributed by atoms with Gasteiger partial charge in [0.15, 0.2) is 12.0 Å². The van der Waals surface area contributed by atoms with Gasteiger partial charge in [0, 0.05) is 47.6 Å². The molecule has 730 valence electrons. The van der Waals surface area contributed by atoms with E-state index in [1.807, 2.05) is 422 Å². The number of aromatic amines is 1. The molecule has 0 atom stereocenters. The summed E-state index contributed by atoms with van der Waals surface area (Å²) in [5, 5.41) is 0. The number of H-pyrrole nitrogens is 1. The molecule has 8 heterocycles. The molecule has 0 radical (unpaired) electrons. The van der Waals surface area contributed by atoms with Crippen LogP contribution in [0.3, 0.4) is 0 Å². The van der Waals surface area contributed by atoms with Crippen LogP contribution in [0.5, 0.6) is 5.75 Å². The zero-order chi connectivity index (χ0) is 101. The van der Waals surface area contributed by atoms with Gasteiger partial charge in [0.1, 0.15) is 11.3 Å². The number of imidazole rings is 1. The molecule has 4 aliphatic carbocycles. The van der Waals surface area contributed by atoms with Gasteiger partial charge < -0.3 is 14.1 Å². The number of para-hydroxylation sites is 6. The summed E-state index contributed by atoms with van der Waals surface area (Å²) in [6.45, 7) is 81.7. The molecule has 20 rings (SSSR count). The molecule has 1 N–H and O–H groups in total. The summed E-state index contributed by atoms with van der Waals surface area (Å²) in [5.74, 6) is 2.34. The SMILES string of the molecule is C1=Cc2ccccc2C1.C1=NCc2ccccc21.CC.CC.CC.CC.CC.CC.CC.CC.CC.CC.CC.CC.CC.CC.CC.CC.CC.CC.CC.CC.c1cc2c(cn1)CCC2.c1ccc2[nH]cnc2c1.c1ccc2c(c1)CCC2.c1ccc2c(c1)CCO2.c1ccc2c(c1)CCS2.c1ccc2ocnc2c1.c1ccc2scnc2c1.c1cnc2c(c1)CCC2. The summed E-state index contributed by atoms with van der Waals surface area (Å²) >= 11 is 3.64. The quantitative estimate of drug-likeness (QED) is 0.160. The predicted molar refractivity (Wildman–Crippen MR) is 601 cm³/mol. The molecule has 5 aromatic heterocycles. The number of hydrogen-bond acceptors (Lipinski definition) is 10. The number of oxazole rings is 1. The van der Waals surface area contributed by atoms with Crippen molar-refractivity contribution in [3.63, 3.8) is 0 Å². The van der Waals surface area contributed by atoms with Gasteiger partial charge in [0.2, 0.25) is 0 Å². The molecule has 3 aliphatic heterocycles. The molecular formula is C119H195N7O2S2. The Kier molecular flexibility index (Phi) is 125. The number of benzene rings is 8. The van der Waals surface area contributed by atoms with Crippen LogP contribution in [0.1, 0.15) is 363 Å². The number of aromatic nitrogens is 6. The molecule has 0 unspecified atom stereocenters. The highest BCUT2D eigenvalue weighted by atomic mass is 32.2. The third-order valence-corrected chi connectivity index (χ3v) is 17.9. The Morgan fingerprint density at radius 3 is 1.29 bits per heavy atom. The summed E-state index contributed by atoms with van der Waals surface area (Å²) in [6.07, 6.45) is 30.2. The van der Waals surface area contributed by atoms with Gasteiger partial charge in [-0.1, -0.05) is 441 Å². The lowest BCUT2D eigenvalue weighted by Crippen LogP contribution is -1.85. The van der Waals surface area contributed by atoms with Crippen LogP contribution in [-0.4, -0.2) is 48.5 Å². The van der Waals surface area contributed by atoms with E-state index < -0.39 is 0 Å². The number of fused-ring (bicyclic) bond motifs is 10. The maximum atomic E-state index is 5.30.